The van der Waals surface area contributed by atoms with Crippen molar-refractivity contribution in [3.8, 4) is 5.75 Å². The van der Waals surface area contributed by atoms with Crippen LogP contribution in [-0.2, 0) is 4.79 Å². The van der Waals surface area contributed by atoms with E-state index in [1.165, 1.54) is 0 Å². The van der Waals surface area contributed by atoms with E-state index in [2.05, 4.69) is 6.58 Å². The molecule has 0 spiro atoms. The van der Waals surface area contributed by atoms with E-state index in [4.69, 9.17) is 10.5 Å². The number of likely N-dealkylation sites (tertiary alicyclic amines) is 1. The number of primary amides is 1. The third kappa shape index (κ3) is 3.84. The van der Waals surface area contributed by atoms with Crippen LogP contribution in [0.25, 0.3) is 0 Å². The normalized spacial score (nSPS) is 15.5. The predicted octanol–water partition coefficient (Wildman–Crippen LogP) is 1.59. The van der Waals surface area contributed by atoms with Gasteiger partial charge in [-0.15, -0.1) is 0 Å². The molecule has 2 rings (SSSR count). The maximum Gasteiger partial charge on any atom is 0.253 e. The van der Waals surface area contributed by atoms with Crippen LogP contribution in [0.3, 0.4) is 0 Å². The summed E-state index contributed by atoms with van der Waals surface area (Å²) in [7, 11) is 0. The Labute approximate surface area is 124 Å². The van der Waals surface area contributed by atoms with Crippen molar-refractivity contribution in [2.75, 3.05) is 19.7 Å². The number of hydrogen-bond donors (Lipinski definition) is 1. The van der Waals surface area contributed by atoms with Gasteiger partial charge in [-0.1, -0.05) is 12.7 Å². The third-order valence-corrected chi connectivity index (χ3v) is 3.65. The van der Waals surface area contributed by atoms with Crippen LogP contribution in [0.15, 0.2) is 36.9 Å². The number of rotatable bonds is 5. The van der Waals surface area contributed by atoms with Crippen molar-refractivity contribution in [3.05, 3.63) is 42.5 Å². The SMILES string of the molecule is C=CCOc1ccc(C(=O)N2CCC(C(N)=O)CC2)cc1. The van der Waals surface area contributed by atoms with Gasteiger partial charge in [0.1, 0.15) is 12.4 Å². The maximum atomic E-state index is 12.4. The lowest BCUT2D eigenvalue weighted by atomic mass is 9.96. The Morgan fingerprint density at radius 1 is 1.29 bits per heavy atom. The number of ether oxygens (including phenoxy) is 1. The molecule has 5 nitrogen and oxygen atoms in total. The van der Waals surface area contributed by atoms with Crippen molar-refractivity contribution in [2.24, 2.45) is 11.7 Å². The number of nitrogens with two attached hydrogens (primary N) is 1. The predicted molar refractivity (Wildman–Crippen MR) is 80.0 cm³/mol. The van der Waals surface area contributed by atoms with Crippen molar-refractivity contribution < 1.29 is 14.3 Å². The van der Waals surface area contributed by atoms with Crippen LogP contribution >= 0.6 is 0 Å². The number of piperidine rings is 1. The molecule has 1 aliphatic heterocycles. The molecule has 0 saturated carbocycles. The minimum Gasteiger partial charge on any atom is -0.490 e. The molecule has 1 saturated heterocycles. The summed E-state index contributed by atoms with van der Waals surface area (Å²) in [6, 6.07) is 7.04. The minimum atomic E-state index is -0.272. The Bertz CT molecular complexity index is 517. The van der Waals surface area contributed by atoms with Crippen LogP contribution < -0.4 is 10.5 Å². The van der Waals surface area contributed by atoms with Gasteiger partial charge in [-0.25, -0.2) is 0 Å². The van der Waals surface area contributed by atoms with E-state index < -0.39 is 0 Å². The zero-order valence-corrected chi connectivity index (χ0v) is 12.0. The van der Waals surface area contributed by atoms with E-state index in [9.17, 15) is 9.59 Å². The lowest BCUT2D eigenvalue weighted by molar-refractivity contribution is -0.123. The molecule has 0 atom stereocenters. The first-order chi connectivity index (χ1) is 10.1. The molecule has 1 aliphatic rings. The van der Waals surface area contributed by atoms with Gasteiger partial charge in [0.2, 0.25) is 5.91 Å². The first kappa shape index (κ1) is 15.1. The van der Waals surface area contributed by atoms with Crippen LogP contribution in [-0.4, -0.2) is 36.4 Å². The highest BCUT2D eigenvalue weighted by Gasteiger charge is 2.26. The second kappa shape index (κ2) is 6.92. The first-order valence-corrected chi connectivity index (χ1v) is 7.04. The zero-order chi connectivity index (χ0) is 15.2. The fourth-order valence-electron chi connectivity index (χ4n) is 2.40. The highest BCUT2D eigenvalue weighted by Crippen LogP contribution is 2.20. The molecule has 1 heterocycles. The van der Waals surface area contributed by atoms with E-state index in [-0.39, 0.29) is 17.7 Å². The highest BCUT2D eigenvalue weighted by atomic mass is 16.5. The largest absolute Gasteiger partial charge is 0.490 e. The summed E-state index contributed by atoms with van der Waals surface area (Å²) in [5.74, 6) is 0.307. The van der Waals surface area contributed by atoms with Crippen molar-refractivity contribution in [1.82, 2.24) is 4.90 Å². The summed E-state index contributed by atoms with van der Waals surface area (Å²) in [6.45, 7) is 5.16. The van der Waals surface area contributed by atoms with Gasteiger partial charge in [-0.3, -0.25) is 9.59 Å². The van der Waals surface area contributed by atoms with E-state index in [0.29, 0.717) is 43.9 Å². The number of carbonyl (C=O) groups excluding carboxylic acids is 2. The molecule has 112 valence electrons. The van der Waals surface area contributed by atoms with Gasteiger partial charge < -0.3 is 15.4 Å². The Morgan fingerprint density at radius 3 is 2.43 bits per heavy atom. The van der Waals surface area contributed by atoms with Crippen LogP contribution in [0.4, 0.5) is 0 Å². The molecule has 0 aliphatic carbocycles. The fourth-order valence-corrected chi connectivity index (χ4v) is 2.40. The van der Waals surface area contributed by atoms with Gasteiger partial charge in [0.15, 0.2) is 0 Å². The van der Waals surface area contributed by atoms with Gasteiger partial charge in [0, 0.05) is 24.6 Å². The van der Waals surface area contributed by atoms with E-state index in [0.717, 1.165) is 0 Å². The molecule has 5 heteroatoms. The monoisotopic (exact) mass is 288 g/mol. The van der Waals surface area contributed by atoms with E-state index in [1.54, 1.807) is 35.2 Å². The molecule has 0 unspecified atom stereocenters. The molecule has 0 aromatic heterocycles. The summed E-state index contributed by atoms with van der Waals surface area (Å²) in [5, 5.41) is 0. The highest BCUT2D eigenvalue weighted by molar-refractivity contribution is 5.94. The molecule has 0 bridgehead atoms. The van der Waals surface area contributed by atoms with Gasteiger partial charge in [-0.2, -0.15) is 0 Å². The minimum absolute atomic E-state index is 0.0202. The molecule has 2 amide bonds. The Morgan fingerprint density at radius 2 is 1.90 bits per heavy atom. The summed E-state index contributed by atoms with van der Waals surface area (Å²) in [6.07, 6.45) is 2.95. The van der Waals surface area contributed by atoms with Crippen LogP contribution in [0.1, 0.15) is 23.2 Å². The molecule has 1 fully saturated rings. The number of benzene rings is 1. The first-order valence-electron chi connectivity index (χ1n) is 7.04. The Kier molecular flexibility index (Phi) is 4.98. The third-order valence-electron chi connectivity index (χ3n) is 3.65. The number of hydrogen-bond acceptors (Lipinski definition) is 3. The molecule has 1 aromatic rings. The summed E-state index contributed by atoms with van der Waals surface area (Å²) < 4.78 is 5.38. The van der Waals surface area contributed by atoms with Crippen LogP contribution in [0, 0.1) is 5.92 Å². The fraction of sp³-hybridized carbons (Fsp3) is 0.375. The Balaban J connectivity index is 1.94. The zero-order valence-electron chi connectivity index (χ0n) is 12.0. The number of nitrogens with zero attached hydrogens (tertiary/aromatic N) is 1. The maximum absolute atomic E-state index is 12.4. The van der Waals surface area contributed by atoms with Crippen LogP contribution in [0.2, 0.25) is 0 Å². The van der Waals surface area contributed by atoms with E-state index in [1.807, 2.05) is 0 Å². The average molecular weight is 288 g/mol. The average Bonchev–Trinajstić information content (AvgIpc) is 2.53. The molecular weight excluding hydrogens is 268 g/mol. The van der Waals surface area contributed by atoms with Gasteiger partial charge >= 0.3 is 0 Å². The lowest BCUT2D eigenvalue weighted by Crippen LogP contribution is -2.41. The van der Waals surface area contributed by atoms with Gasteiger partial charge in [0.25, 0.3) is 5.91 Å². The number of amides is 2. The molecule has 2 N–H and O–H groups in total. The van der Waals surface area contributed by atoms with Gasteiger partial charge in [0.05, 0.1) is 0 Å². The second-order valence-electron chi connectivity index (χ2n) is 5.09. The molecular formula is C16H20N2O3. The lowest BCUT2D eigenvalue weighted by Gasteiger charge is -2.30. The van der Waals surface area contributed by atoms with Crippen molar-refractivity contribution >= 4 is 11.8 Å². The van der Waals surface area contributed by atoms with Crippen molar-refractivity contribution in [3.63, 3.8) is 0 Å². The molecule has 1 aromatic carbocycles. The summed E-state index contributed by atoms with van der Waals surface area (Å²) in [4.78, 5) is 25.2. The molecule has 21 heavy (non-hydrogen) atoms. The standard InChI is InChI=1S/C16H20N2O3/c1-2-11-21-14-5-3-13(4-6-14)16(20)18-9-7-12(8-10-18)15(17)19/h2-6,12H,1,7-11H2,(H2,17,19). The Hall–Kier alpha value is -2.30. The smallest absolute Gasteiger partial charge is 0.253 e. The topological polar surface area (TPSA) is 72.6 Å². The van der Waals surface area contributed by atoms with Crippen molar-refractivity contribution in [2.45, 2.75) is 12.8 Å². The molecule has 0 radical (unpaired) electrons. The van der Waals surface area contributed by atoms with Gasteiger partial charge in [-0.05, 0) is 37.1 Å². The number of carbonyl (C=O) groups is 2. The second-order valence-corrected chi connectivity index (χ2v) is 5.09. The summed E-state index contributed by atoms with van der Waals surface area (Å²) >= 11 is 0. The van der Waals surface area contributed by atoms with Crippen LogP contribution in [0.5, 0.6) is 5.75 Å². The quantitative estimate of drug-likeness (QED) is 0.836. The van der Waals surface area contributed by atoms with Crippen molar-refractivity contribution in [1.29, 1.82) is 0 Å². The summed E-state index contributed by atoms with van der Waals surface area (Å²) in [5.41, 5.74) is 5.92. The van der Waals surface area contributed by atoms with E-state index >= 15 is 0 Å².